The molecule has 0 atom stereocenters. The van der Waals surface area contributed by atoms with Gasteiger partial charge in [0.05, 0.1) is 0 Å². The zero-order chi connectivity index (χ0) is 6.57. The zero-order valence-electron chi connectivity index (χ0n) is 6.12. The van der Waals surface area contributed by atoms with Gasteiger partial charge in [-0.3, -0.25) is 0 Å². The monoisotopic (exact) mass is 111 g/mol. The summed E-state index contributed by atoms with van der Waals surface area (Å²) in [6, 6.07) is 0. The van der Waals surface area contributed by atoms with Crippen molar-refractivity contribution in [2.24, 2.45) is 0 Å². The van der Waals surface area contributed by atoms with Gasteiger partial charge in [-0.05, 0) is 26.7 Å². The summed E-state index contributed by atoms with van der Waals surface area (Å²) in [5, 5.41) is 0. The van der Waals surface area contributed by atoms with Gasteiger partial charge in [-0.15, -0.1) is 0 Å². The highest BCUT2D eigenvalue weighted by molar-refractivity contribution is 5.13. The molecule has 0 amide bonds. The van der Waals surface area contributed by atoms with Gasteiger partial charge in [-0.25, -0.2) is 0 Å². The summed E-state index contributed by atoms with van der Waals surface area (Å²) in [5.41, 5.74) is 2.74. The van der Waals surface area contributed by atoms with Crippen molar-refractivity contribution in [2.45, 2.75) is 33.6 Å². The molecule has 0 unspecified atom stereocenters. The van der Waals surface area contributed by atoms with Crippen LogP contribution >= 0.6 is 0 Å². The molecule has 0 spiro atoms. The van der Waals surface area contributed by atoms with E-state index in [0.717, 1.165) is 12.8 Å². The molecule has 47 valence electrons. The van der Waals surface area contributed by atoms with E-state index < -0.39 is 0 Å². The van der Waals surface area contributed by atoms with E-state index in [1.807, 2.05) is 0 Å². The van der Waals surface area contributed by atoms with Gasteiger partial charge in [0.1, 0.15) is 0 Å². The predicted molar refractivity (Wildman–Crippen MR) is 38.6 cm³/mol. The molecule has 1 radical (unpaired) electrons. The lowest BCUT2D eigenvalue weighted by Gasteiger charge is -1.99. The van der Waals surface area contributed by atoms with Crippen molar-refractivity contribution in [3.05, 3.63) is 18.1 Å². The van der Waals surface area contributed by atoms with E-state index in [-0.39, 0.29) is 0 Å². The summed E-state index contributed by atoms with van der Waals surface area (Å²) in [6.45, 7) is 10.4. The molecule has 0 aromatic carbocycles. The molecule has 0 heterocycles. The zero-order valence-corrected chi connectivity index (χ0v) is 6.12. The topological polar surface area (TPSA) is 0 Å². The Morgan fingerprint density at radius 2 is 1.75 bits per heavy atom. The Morgan fingerprint density at radius 1 is 1.25 bits per heavy atom. The van der Waals surface area contributed by atoms with Gasteiger partial charge >= 0.3 is 0 Å². The van der Waals surface area contributed by atoms with Crippen molar-refractivity contribution in [2.75, 3.05) is 0 Å². The second kappa shape index (κ2) is 3.71. The Bertz CT molecular complexity index is 76.2. The molecule has 8 heavy (non-hydrogen) atoms. The Balaban J connectivity index is 3.83. The van der Waals surface area contributed by atoms with Crippen LogP contribution in [0.25, 0.3) is 0 Å². The van der Waals surface area contributed by atoms with E-state index in [1.165, 1.54) is 11.1 Å². The standard InChI is InChI=1S/C8H15/c1-5-7(3)8(4)6-2/h3,5-6H2,1-2,4H3. The van der Waals surface area contributed by atoms with E-state index in [1.54, 1.807) is 0 Å². The van der Waals surface area contributed by atoms with Crippen molar-refractivity contribution in [3.8, 4) is 0 Å². The fourth-order valence-electron chi connectivity index (χ4n) is 0.552. The molecule has 0 aliphatic heterocycles. The molecule has 0 saturated carbocycles. The minimum absolute atomic E-state index is 1.10. The summed E-state index contributed by atoms with van der Waals surface area (Å²) < 4.78 is 0. The van der Waals surface area contributed by atoms with E-state index >= 15 is 0 Å². The summed E-state index contributed by atoms with van der Waals surface area (Å²) in [7, 11) is 0. The van der Waals surface area contributed by atoms with Crippen molar-refractivity contribution >= 4 is 0 Å². The molecule has 0 saturated heterocycles. The van der Waals surface area contributed by atoms with Gasteiger partial charge in [-0.1, -0.05) is 25.0 Å². The maximum Gasteiger partial charge on any atom is -0.0280 e. The molecular formula is C8H15. The number of rotatable bonds is 2. The molecular weight excluding hydrogens is 96.1 g/mol. The van der Waals surface area contributed by atoms with Crippen LogP contribution in [0.15, 0.2) is 11.1 Å². The Kier molecular flexibility index (Phi) is 3.59. The van der Waals surface area contributed by atoms with E-state index in [0.29, 0.717) is 0 Å². The van der Waals surface area contributed by atoms with Crippen molar-refractivity contribution in [1.29, 1.82) is 0 Å². The van der Waals surface area contributed by atoms with Crippen molar-refractivity contribution in [1.82, 2.24) is 0 Å². The number of hydrogen-bond donors (Lipinski definition) is 0. The van der Waals surface area contributed by atoms with E-state index in [2.05, 4.69) is 27.7 Å². The van der Waals surface area contributed by atoms with Gasteiger partial charge in [-0.2, -0.15) is 0 Å². The van der Waals surface area contributed by atoms with Crippen LogP contribution in [-0.4, -0.2) is 0 Å². The fourth-order valence-corrected chi connectivity index (χ4v) is 0.552. The first-order valence-electron chi connectivity index (χ1n) is 3.22. The van der Waals surface area contributed by atoms with Crippen molar-refractivity contribution in [3.63, 3.8) is 0 Å². The first-order valence-corrected chi connectivity index (χ1v) is 3.22. The SMILES string of the molecule is [CH2]C(CC)=C(C)CC. The summed E-state index contributed by atoms with van der Waals surface area (Å²) >= 11 is 0. The minimum atomic E-state index is 1.10. The highest BCUT2D eigenvalue weighted by atomic mass is 13.9. The second-order valence-electron chi connectivity index (χ2n) is 2.09. The number of hydrogen-bond acceptors (Lipinski definition) is 0. The van der Waals surface area contributed by atoms with Crippen LogP contribution in [0.1, 0.15) is 33.6 Å². The molecule has 0 rings (SSSR count). The highest BCUT2D eigenvalue weighted by Crippen LogP contribution is 2.08. The third kappa shape index (κ3) is 2.15. The quantitative estimate of drug-likeness (QED) is 0.514. The van der Waals surface area contributed by atoms with Crippen LogP contribution in [0.2, 0.25) is 0 Å². The molecule has 0 aliphatic rings. The Hall–Kier alpha value is -0.260. The second-order valence-corrected chi connectivity index (χ2v) is 2.09. The first-order chi connectivity index (χ1) is 3.72. The van der Waals surface area contributed by atoms with Gasteiger partial charge in [0, 0.05) is 0 Å². The van der Waals surface area contributed by atoms with Gasteiger partial charge in [0.15, 0.2) is 0 Å². The molecule has 0 aromatic heterocycles. The summed E-state index contributed by atoms with van der Waals surface area (Å²) in [4.78, 5) is 0. The minimum Gasteiger partial charge on any atom is -0.0744 e. The molecule has 0 nitrogen and oxygen atoms in total. The van der Waals surface area contributed by atoms with Crippen LogP contribution in [-0.2, 0) is 0 Å². The average molecular weight is 111 g/mol. The lowest BCUT2D eigenvalue weighted by molar-refractivity contribution is 1.01. The summed E-state index contributed by atoms with van der Waals surface area (Å²) in [6.07, 6.45) is 2.24. The van der Waals surface area contributed by atoms with E-state index in [9.17, 15) is 0 Å². The number of allylic oxidation sites excluding steroid dienone is 2. The third-order valence-electron chi connectivity index (χ3n) is 1.56. The lowest BCUT2D eigenvalue weighted by Crippen LogP contribution is -1.79. The van der Waals surface area contributed by atoms with Gasteiger partial charge in [0.25, 0.3) is 0 Å². The Morgan fingerprint density at radius 3 is 1.88 bits per heavy atom. The fraction of sp³-hybridized carbons (Fsp3) is 0.625. The largest absolute Gasteiger partial charge is 0.0744 e. The molecule has 0 bridgehead atoms. The van der Waals surface area contributed by atoms with Crippen LogP contribution in [0.3, 0.4) is 0 Å². The maximum atomic E-state index is 3.91. The Labute approximate surface area is 52.6 Å². The maximum absolute atomic E-state index is 3.91. The average Bonchev–Trinajstić information content (AvgIpc) is 1.84. The molecule has 0 N–H and O–H groups in total. The molecule has 0 heteroatoms. The third-order valence-corrected chi connectivity index (χ3v) is 1.56. The predicted octanol–water partition coefficient (Wildman–Crippen LogP) is 2.96. The highest BCUT2D eigenvalue weighted by Gasteiger charge is 1.88. The van der Waals surface area contributed by atoms with E-state index in [4.69, 9.17) is 0 Å². The smallest absolute Gasteiger partial charge is 0.0280 e. The summed E-state index contributed by atoms with van der Waals surface area (Å²) in [5.74, 6) is 0. The van der Waals surface area contributed by atoms with Crippen LogP contribution in [0.5, 0.6) is 0 Å². The van der Waals surface area contributed by atoms with Crippen molar-refractivity contribution < 1.29 is 0 Å². The molecule has 0 aromatic rings. The normalized spacial score (nSPS) is 13.5. The lowest BCUT2D eigenvalue weighted by atomic mass is 10.1. The molecule has 0 fully saturated rings. The van der Waals surface area contributed by atoms with Crippen LogP contribution < -0.4 is 0 Å². The van der Waals surface area contributed by atoms with Crippen LogP contribution in [0.4, 0.5) is 0 Å². The first kappa shape index (κ1) is 7.74. The molecule has 0 aliphatic carbocycles. The van der Waals surface area contributed by atoms with Gasteiger partial charge in [0.2, 0.25) is 0 Å². The van der Waals surface area contributed by atoms with Crippen LogP contribution in [0, 0.1) is 6.92 Å². The van der Waals surface area contributed by atoms with Gasteiger partial charge < -0.3 is 0 Å².